The summed E-state index contributed by atoms with van der Waals surface area (Å²) in [6, 6.07) is 5.98. The number of carbonyl (C=O) groups is 3. The van der Waals surface area contributed by atoms with Crippen LogP contribution in [0.15, 0.2) is 41.4 Å². The van der Waals surface area contributed by atoms with Crippen LogP contribution in [0.3, 0.4) is 0 Å². The zero-order chi connectivity index (χ0) is 27.3. The molecule has 0 bridgehead atoms. The maximum atomic E-state index is 12.8. The lowest BCUT2D eigenvalue weighted by atomic mass is 10.2. The van der Waals surface area contributed by atoms with Gasteiger partial charge in [0.1, 0.15) is 0 Å². The minimum atomic E-state index is -4.35. The minimum absolute atomic E-state index is 0.0503. The number of amides is 3. The van der Waals surface area contributed by atoms with E-state index in [1.165, 1.54) is 24.3 Å². The van der Waals surface area contributed by atoms with Gasteiger partial charge >= 0.3 is 6.09 Å². The number of aromatic nitrogens is 1. The maximum absolute atomic E-state index is 12.8. The molecule has 14 heteroatoms. The highest BCUT2D eigenvalue weighted by Gasteiger charge is 2.22. The summed E-state index contributed by atoms with van der Waals surface area (Å²) in [6.45, 7) is 6.10. The Bertz CT molecular complexity index is 1180. The van der Waals surface area contributed by atoms with E-state index in [1.54, 1.807) is 0 Å². The van der Waals surface area contributed by atoms with Gasteiger partial charge in [0.2, 0.25) is 5.88 Å². The fourth-order valence-corrected chi connectivity index (χ4v) is 3.98. The average Bonchev–Trinajstić information content (AvgIpc) is 2.86. The zero-order valence-corrected chi connectivity index (χ0v) is 22.0. The lowest BCUT2D eigenvalue weighted by molar-refractivity contribution is 0.0942. The Morgan fingerprint density at radius 3 is 2.35 bits per heavy atom. The van der Waals surface area contributed by atoms with Crippen LogP contribution in [0.1, 0.15) is 41.0 Å². The fraction of sp³-hybridized carbons (Fsp3) is 0.391. The van der Waals surface area contributed by atoms with Crippen molar-refractivity contribution in [2.24, 2.45) is 0 Å². The molecule has 202 valence electrons. The molecule has 3 N–H and O–H groups in total. The van der Waals surface area contributed by atoms with Crippen LogP contribution in [-0.4, -0.2) is 70.8 Å². The highest BCUT2D eigenvalue weighted by molar-refractivity contribution is 7.90. The van der Waals surface area contributed by atoms with E-state index >= 15 is 0 Å². The lowest BCUT2D eigenvalue weighted by Crippen LogP contribution is -2.31. The van der Waals surface area contributed by atoms with Crippen LogP contribution >= 0.6 is 11.6 Å². The van der Waals surface area contributed by atoms with Gasteiger partial charge in [-0.25, -0.2) is 22.9 Å². The Labute approximate surface area is 220 Å². The molecule has 0 fully saturated rings. The highest BCUT2D eigenvalue weighted by Crippen LogP contribution is 2.21. The van der Waals surface area contributed by atoms with Gasteiger partial charge in [0.15, 0.2) is 0 Å². The van der Waals surface area contributed by atoms with Crippen LogP contribution in [-0.2, 0) is 19.5 Å². The topological polar surface area (TPSA) is 162 Å². The Balaban J connectivity index is 2.00. The first-order valence-electron chi connectivity index (χ1n) is 11.4. The van der Waals surface area contributed by atoms with Crippen molar-refractivity contribution in [3.63, 3.8) is 0 Å². The van der Waals surface area contributed by atoms with Gasteiger partial charge in [0, 0.05) is 45.2 Å². The van der Waals surface area contributed by atoms with Crippen molar-refractivity contribution in [1.82, 2.24) is 20.3 Å². The van der Waals surface area contributed by atoms with E-state index in [0.29, 0.717) is 39.4 Å². The number of hydrogen-bond donors (Lipinski definition) is 3. The number of rotatable bonds is 14. The smallest absolute Gasteiger partial charge is 0.391 e. The van der Waals surface area contributed by atoms with Crippen molar-refractivity contribution in [3.8, 4) is 5.88 Å². The summed E-state index contributed by atoms with van der Waals surface area (Å²) in [4.78, 5) is 40.2. The monoisotopic (exact) mass is 556 g/mol. The SMILES string of the molecule is CCOCCCNC(=O)c1cc(S(=O)(=O)NC(=O)c2ccc(OC(=O)NCCOCC)nc2)ccc1Cl. The van der Waals surface area contributed by atoms with Crippen molar-refractivity contribution >= 4 is 39.5 Å². The average molecular weight is 557 g/mol. The first-order valence-corrected chi connectivity index (χ1v) is 13.3. The molecular formula is C23H29ClN4O8S. The first-order chi connectivity index (χ1) is 17.7. The summed E-state index contributed by atoms with van der Waals surface area (Å²) in [5, 5.41) is 5.15. The number of ether oxygens (including phenoxy) is 3. The van der Waals surface area contributed by atoms with Gasteiger partial charge < -0.3 is 24.8 Å². The highest BCUT2D eigenvalue weighted by atomic mass is 35.5. The summed E-state index contributed by atoms with van der Waals surface area (Å²) in [5.74, 6) is -1.63. The molecule has 0 atom stereocenters. The van der Waals surface area contributed by atoms with E-state index in [2.05, 4.69) is 15.6 Å². The van der Waals surface area contributed by atoms with Gasteiger partial charge in [-0.05, 0) is 44.5 Å². The third-order valence-electron chi connectivity index (χ3n) is 4.59. The van der Waals surface area contributed by atoms with Crippen LogP contribution in [0.2, 0.25) is 5.02 Å². The Morgan fingerprint density at radius 2 is 1.68 bits per heavy atom. The van der Waals surface area contributed by atoms with Crippen LogP contribution in [0.4, 0.5) is 4.79 Å². The quantitative estimate of drug-likeness (QED) is 0.296. The van der Waals surface area contributed by atoms with Crippen LogP contribution in [0, 0.1) is 0 Å². The fourth-order valence-electron chi connectivity index (χ4n) is 2.78. The molecule has 0 aliphatic carbocycles. The number of sulfonamides is 1. The summed E-state index contributed by atoms with van der Waals surface area (Å²) < 4.78 is 42.7. The maximum Gasteiger partial charge on any atom is 0.414 e. The molecule has 12 nitrogen and oxygen atoms in total. The Kier molecular flexibility index (Phi) is 12.2. The van der Waals surface area contributed by atoms with Crippen molar-refractivity contribution < 1.29 is 37.0 Å². The second kappa shape index (κ2) is 15.1. The van der Waals surface area contributed by atoms with Crippen molar-refractivity contribution in [2.45, 2.75) is 25.2 Å². The molecule has 37 heavy (non-hydrogen) atoms. The van der Waals surface area contributed by atoms with Gasteiger partial charge in [0.25, 0.3) is 21.8 Å². The molecule has 0 saturated carbocycles. The van der Waals surface area contributed by atoms with E-state index in [1.807, 2.05) is 18.6 Å². The van der Waals surface area contributed by atoms with Gasteiger partial charge in [0.05, 0.1) is 27.7 Å². The molecule has 3 amide bonds. The van der Waals surface area contributed by atoms with E-state index in [-0.39, 0.29) is 33.5 Å². The molecule has 0 unspecified atom stereocenters. The molecule has 0 saturated heterocycles. The van der Waals surface area contributed by atoms with Gasteiger partial charge in [-0.1, -0.05) is 11.6 Å². The summed E-state index contributed by atoms with van der Waals surface area (Å²) in [5.41, 5.74) is -0.162. The number of halogens is 1. The second-order valence-electron chi connectivity index (χ2n) is 7.28. The standard InChI is InChI=1S/C23H29ClN4O8S/c1-3-34-12-5-10-25-22(30)18-14-17(7-8-19(18)24)37(32,33)28-21(29)16-6-9-20(27-15-16)36-23(31)26-11-13-35-4-2/h6-9,14-15H,3-5,10-13H2,1-2H3,(H,25,30)(H,26,31)(H,28,29). The number of carbonyl (C=O) groups excluding carboxylic acids is 3. The number of pyridine rings is 1. The lowest BCUT2D eigenvalue weighted by Gasteiger charge is -2.11. The molecule has 0 aliphatic rings. The van der Waals surface area contributed by atoms with Crippen molar-refractivity contribution in [2.75, 3.05) is 39.5 Å². The molecule has 0 radical (unpaired) electrons. The van der Waals surface area contributed by atoms with Crippen molar-refractivity contribution in [1.29, 1.82) is 0 Å². The van der Waals surface area contributed by atoms with Gasteiger partial charge in [-0.3, -0.25) is 9.59 Å². The second-order valence-corrected chi connectivity index (χ2v) is 9.37. The zero-order valence-electron chi connectivity index (χ0n) is 20.4. The van der Waals surface area contributed by atoms with Crippen LogP contribution < -0.4 is 20.1 Å². The number of nitrogens with zero attached hydrogens (tertiary/aromatic N) is 1. The van der Waals surface area contributed by atoms with E-state index in [0.717, 1.165) is 12.3 Å². The molecule has 2 aromatic rings. The number of benzene rings is 1. The molecule has 0 spiro atoms. The van der Waals surface area contributed by atoms with Crippen LogP contribution in [0.25, 0.3) is 0 Å². The summed E-state index contributed by atoms with van der Waals surface area (Å²) in [7, 11) is -4.35. The molecular weight excluding hydrogens is 528 g/mol. The van der Waals surface area contributed by atoms with E-state index in [4.69, 9.17) is 25.8 Å². The predicted molar refractivity (Wildman–Crippen MR) is 134 cm³/mol. The molecule has 1 heterocycles. The predicted octanol–water partition coefficient (Wildman–Crippen LogP) is 2.14. The first kappa shape index (κ1) is 30.0. The largest absolute Gasteiger partial charge is 0.414 e. The number of nitrogens with one attached hydrogen (secondary N) is 3. The van der Waals surface area contributed by atoms with Crippen molar-refractivity contribution in [3.05, 3.63) is 52.7 Å². The minimum Gasteiger partial charge on any atom is -0.391 e. The van der Waals surface area contributed by atoms with Gasteiger partial charge in [-0.2, -0.15) is 0 Å². The molecule has 0 aliphatic heterocycles. The molecule has 1 aromatic carbocycles. The normalized spacial score (nSPS) is 11.0. The van der Waals surface area contributed by atoms with Crippen LogP contribution in [0.5, 0.6) is 5.88 Å². The van der Waals surface area contributed by atoms with E-state index in [9.17, 15) is 22.8 Å². The molecule has 2 rings (SSSR count). The Hall–Kier alpha value is -3.26. The summed E-state index contributed by atoms with van der Waals surface area (Å²) in [6.07, 6.45) is 0.863. The summed E-state index contributed by atoms with van der Waals surface area (Å²) >= 11 is 6.08. The third-order valence-corrected chi connectivity index (χ3v) is 6.25. The molecule has 1 aromatic heterocycles. The Morgan fingerprint density at radius 1 is 0.946 bits per heavy atom. The van der Waals surface area contributed by atoms with Gasteiger partial charge in [-0.15, -0.1) is 0 Å². The van der Waals surface area contributed by atoms with E-state index < -0.39 is 27.9 Å². The number of hydrogen-bond acceptors (Lipinski definition) is 9. The third kappa shape index (κ3) is 9.96.